The van der Waals surface area contributed by atoms with E-state index in [1.54, 1.807) is 6.20 Å². The number of carbonyl (C=O) groups is 1. The zero-order chi connectivity index (χ0) is 25.8. The largest absolute Gasteiger partial charge is 0.387 e. The van der Waals surface area contributed by atoms with Crippen molar-refractivity contribution in [3.05, 3.63) is 83.6 Å². The molecular formula is C30H39N5O. The third kappa shape index (κ3) is 6.34. The molecule has 6 heteroatoms. The number of hydrogen-bond acceptors (Lipinski definition) is 5. The number of amides is 1. The number of carbonyl (C=O) groups excluding carboxylic acids is 1. The topological polar surface area (TPSA) is 71.4 Å². The molecular weight excluding hydrogens is 446 g/mol. The highest BCUT2D eigenvalue weighted by atomic mass is 16.2. The summed E-state index contributed by atoms with van der Waals surface area (Å²) in [6.07, 6.45) is 3.51. The minimum absolute atomic E-state index is 0.00551. The second-order valence-corrected chi connectivity index (χ2v) is 11.4. The van der Waals surface area contributed by atoms with Crippen LogP contribution in [0.4, 0.5) is 0 Å². The van der Waals surface area contributed by atoms with Crippen LogP contribution in [0, 0.1) is 11.3 Å². The molecule has 2 heterocycles. The van der Waals surface area contributed by atoms with Crippen LogP contribution in [0.2, 0.25) is 0 Å². The Bertz CT molecular complexity index is 1040. The summed E-state index contributed by atoms with van der Waals surface area (Å²) in [4.78, 5) is 17.5. The first kappa shape index (κ1) is 25.9. The highest BCUT2D eigenvalue weighted by Gasteiger charge is 2.37. The Labute approximate surface area is 216 Å². The number of piperidine rings is 1. The maximum Gasteiger partial charge on any atom is 0.266 e. The van der Waals surface area contributed by atoms with Crippen LogP contribution in [-0.4, -0.2) is 59.0 Å². The molecule has 2 fully saturated rings. The quantitative estimate of drug-likeness (QED) is 0.473. The molecule has 2 N–H and O–H groups in total. The number of nitrogens with one attached hydrogen (secondary N) is 2. The lowest BCUT2D eigenvalue weighted by Crippen LogP contribution is -2.61. The Hall–Kier alpha value is -3.14. The molecule has 0 aromatic heterocycles. The molecule has 2 aliphatic heterocycles. The van der Waals surface area contributed by atoms with Gasteiger partial charge in [0.25, 0.3) is 5.91 Å². The van der Waals surface area contributed by atoms with Gasteiger partial charge in [-0.15, -0.1) is 0 Å². The number of hydrogen-bond donors (Lipinski definition) is 2. The lowest BCUT2D eigenvalue weighted by atomic mass is 9.79. The average Bonchev–Trinajstić information content (AvgIpc) is 2.84. The summed E-state index contributed by atoms with van der Waals surface area (Å²) >= 11 is 0. The molecule has 0 unspecified atom stereocenters. The van der Waals surface area contributed by atoms with Gasteiger partial charge >= 0.3 is 0 Å². The number of piperazine rings is 1. The van der Waals surface area contributed by atoms with E-state index in [4.69, 9.17) is 0 Å². The zero-order valence-electron chi connectivity index (χ0n) is 22.0. The molecule has 4 rings (SSSR count). The van der Waals surface area contributed by atoms with E-state index >= 15 is 0 Å². The lowest BCUT2D eigenvalue weighted by Gasteiger charge is -2.46. The van der Waals surface area contributed by atoms with Gasteiger partial charge in [-0.25, -0.2) is 0 Å². The Morgan fingerprint density at radius 1 is 0.944 bits per heavy atom. The predicted octanol–water partition coefficient (Wildman–Crippen LogP) is 4.23. The molecule has 1 amide bonds. The van der Waals surface area contributed by atoms with Crippen molar-refractivity contribution < 1.29 is 4.79 Å². The van der Waals surface area contributed by atoms with Crippen molar-refractivity contribution in [2.45, 2.75) is 63.7 Å². The zero-order valence-corrected chi connectivity index (χ0v) is 22.0. The van der Waals surface area contributed by atoms with E-state index in [1.165, 1.54) is 11.1 Å². The molecule has 0 spiro atoms. The van der Waals surface area contributed by atoms with Gasteiger partial charge in [0.15, 0.2) is 0 Å². The normalized spacial score (nSPS) is 20.7. The van der Waals surface area contributed by atoms with Crippen molar-refractivity contribution in [2.75, 3.05) is 26.2 Å². The van der Waals surface area contributed by atoms with Crippen molar-refractivity contribution in [2.24, 2.45) is 0 Å². The Balaban J connectivity index is 1.41. The maximum atomic E-state index is 13.2. The number of nitriles is 1. The molecule has 2 aliphatic rings. The molecule has 2 aromatic carbocycles. The van der Waals surface area contributed by atoms with E-state index in [0.717, 1.165) is 25.9 Å². The maximum absolute atomic E-state index is 13.2. The van der Waals surface area contributed by atoms with Gasteiger partial charge in [0.2, 0.25) is 0 Å². The third-order valence-corrected chi connectivity index (χ3v) is 7.20. The Morgan fingerprint density at radius 3 is 1.92 bits per heavy atom. The van der Waals surface area contributed by atoms with Gasteiger partial charge in [0.1, 0.15) is 11.6 Å². The first-order valence-electron chi connectivity index (χ1n) is 13.0. The number of rotatable bonds is 6. The first-order valence-corrected chi connectivity index (χ1v) is 13.0. The van der Waals surface area contributed by atoms with E-state index in [2.05, 4.69) is 97.8 Å². The molecule has 0 aliphatic carbocycles. The number of nitrogens with zero attached hydrogens (tertiary/aromatic N) is 3. The van der Waals surface area contributed by atoms with Crippen LogP contribution in [0.25, 0.3) is 0 Å². The van der Waals surface area contributed by atoms with Gasteiger partial charge in [-0.1, -0.05) is 60.7 Å². The van der Waals surface area contributed by atoms with Gasteiger partial charge in [-0.2, -0.15) is 5.26 Å². The fourth-order valence-corrected chi connectivity index (χ4v) is 6.02. The Kier molecular flexibility index (Phi) is 7.82. The molecule has 36 heavy (non-hydrogen) atoms. The smallest absolute Gasteiger partial charge is 0.266 e. The van der Waals surface area contributed by atoms with Crippen molar-refractivity contribution in [3.63, 3.8) is 0 Å². The number of benzene rings is 2. The molecule has 190 valence electrons. The second kappa shape index (κ2) is 10.9. The van der Waals surface area contributed by atoms with Crippen LogP contribution in [0.3, 0.4) is 0 Å². The van der Waals surface area contributed by atoms with Crippen LogP contribution < -0.4 is 10.6 Å². The standard InChI is InChI=1S/C30H39N5O/c1-29(2)19-26(20-30(3,4)33-29)32-22-25(21-31)28(36)35-17-15-34(16-18-35)27(23-11-7-5-8-12-23)24-13-9-6-10-14-24/h5-14,22,26-27,32-33H,15-20H2,1-4H3/b25-22-. The molecule has 2 aromatic rings. The van der Waals surface area contributed by atoms with Gasteiger partial charge in [0, 0.05) is 49.5 Å². The molecule has 0 radical (unpaired) electrons. The molecule has 2 saturated heterocycles. The minimum atomic E-state index is -0.187. The molecule has 0 saturated carbocycles. The summed E-state index contributed by atoms with van der Waals surface area (Å²) in [5, 5.41) is 16.8. The monoisotopic (exact) mass is 485 g/mol. The third-order valence-electron chi connectivity index (χ3n) is 7.20. The van der Waals surface area contributed by atoms with Crippen molar-refractivity contribution >= 4 is 5.91 Å². The molecule has 6 nitrogen and oxygen atoms in total. The molecule has 0 bridgehead atoms. The highest BCUT2D eigenvalue weighted by Crippen LogP contribution is 2.30. The summed E-state index contributed by atoms with van der Waals surface area (Å²) in [6.45, 7) is 11.5. The second-order valence-electron chi connectivity index (χ2n) is 11.4. The summed E-state index contributed by atoms with van der Waals surface area (Å²) < 4.78 is 0. The summed E-state index contributed by atoms with van der Waals surface area (Å²) in [7, 11) is 0. The van der Waals surface area contributed by atoms with Crippen LogP contribution >= 0.6 is 0 Å². The highest BCUT2D eigenvalue weighted by molar-refractivity contribution is 5.97. The van der Waals surface area contributed by atoms with E-state index in [9.17, 15) is 10.1 Å². The van der Waals surface area contributed by atoms with Crippen LogP contribution in [0.5, 0.6) is 0 Å². The first-order chi connectivity index (χ1) is 17.2. The van der Waals surface area contributed by atoms with Crippen LogP contribution in [0.1, 0.15) is 57.7 Å². The fraction of sp³-hybridized carbons (Fsp3) is 0.467. The van der Waals surface area contributed by atoms with E-state index in [0.29, 0.717) is 13.1 Å². The van der Waals surface area contributed by atoms with Crippen LogP contribution in [0.15, 0.2) is 72.4 Å². The summed E-state index contributed by atoms with van der Waals surface area (Å²) in [6, 6.07) is 23.5. The average molecular weight is 486 g/mol. The van der Waals surface area contributed by atoms with E-state index in [1.807, 2.05) is 17.0 Å². The fourth-order valence-electron chi connectivity index (χ4n) is 6.02. The molecule has 0 atom stereocenters. The van der Waals surface area contributed by atoms with Gasteiger partial charge < -0.3 is 15.5 Å². The van der Waals surface area contributed by atoms with Gasteiger partial charge in [-0.3, -0.25) is 9.69 Å². The van der Waals surface area contributed by atoms with Crippen molar-refractivity contribution in [1.29, 1.82) is 5.26 Å². The lowest BCUT2D eigenvalue weighted by molar-refractivity contribution is -0.128. The SMILES string of the molecule is CC1(C)CC(N/C=C(/C#N)C(=O)N2CCN(C(c3ccccc3)c3ccccc3)CC2)CC(C)(C)N1. The predicted molar refractivity (Wildman–Crippen MR) is 144 cm³/mol. The summed E-state index contributed by atoms with van der Waals surface area (Å²) in [5.41, 5.74) is 2.67. The summed E-state index contributed by atoms with van der Waals surface area (Å²) in [5.74, 6) is -0.187. The van der Waals surface area contributed by atoms with E-state index in [-0.39, 0.29) is 34.6 Å². The van der Waals surface area contributed by atoms with Gasteiger partial charge in [0.05, 0.1) is 6.04 Å². The van der Waals surface area contributed by atoms with Crippen molar-refractivity contribution in [1.82, 2.24) is 20.4 Å². The van der Waals surface area contributed by atoms with Crippen LogP contribution in [-0.2, 0) is 4.79 Å². The minimum Gasteiger partial charge on any atom is -0.387 e. The van der Waals surface area contributed by atoms with Crippen molar-refractivity contribution in [3.8, 4) is 6.07 Å². The Morgan fingerprint density at radius 2 is 1.44 bits per heavy atom. The van der Waals surface area contributed by atoms with E-state index < -0.39 is 0 Å². The van der Waals surface area contributed by atoms with Gasteiger partial charge in [-0.05, 0) is 51.7 Å².